The summed E-state index contributed by atoms with van der Waals surface area (Å²) < 4.78 is 0. The maximum atomic E-state index is 12.5. The van der Waals surface area contributed by atoms with Gasteiger partial charge in [-0.3, -0.25) is 4.79 Å². The summed E-state index contributed by atoms with van der Waals surface area (Å²) in [5, 5.41) is 3.50. The van der Waals surface area contributed by atoms with Gasteiger partial charge in [-0.1, -0.05) is 18.1 Å². The molecule has 20 heavy (non-hydrogen) atoms. The minimum absolute atomic E-state index is 0. The Balaban J connectivity index is 0.00000200. The summed E-state index contributed by atoms with van der Waals surface area (Å²) in [6.07, 6.45) is 1.85. The molecule has 2 nitrogen and oxygen atoms in total. The molecule has 6 heteroatoms. The van der Waals surface area contributed by atoms with Crippen LogP contribution < -0.4 is 5.32 Å². The third-order valence-corrected chi connectivity index (χ3v) is 7.89. The van der Waals surface area contributed by atoms with Crippen molar-refractivity contribution in [1.82, 2.24) is 0 Å². The minimum Gasteiger partial charge on any atom is -0.556 e. The molecule has 0 heterocycles. The van der Waals surface area contributed by atoms with E-state index in [4.69, 9.17) is 23.8 Å². The van der Waals surface area contributed by atoms with Crippen LogP contribution in [-0.2, 0) is 49.8 Å². The van der Waals surface area contributed by atoms with Crippen molar-refractivity contribution in [3.63, 3.8) is 0 Å². The Labute approximate surface area is 157 Å². The van der Waals surface area contributed by atoms with Crippen LogP contribution in [0.25, 0.3) is 0 Å². The van der Waals surface area contributed by atoms with Crippen LogP contribution in [0.2, 0.25) is 5.02 Å². The number of carbonyl (C=O) groups excluding carboxylic acids is 1. The van der Waals surface area contributed by atoms with E-state index in [9.17, 15) is 4.79 Å². The molecule has 1 aliphatic carbocycles. The van der Waals surface area contributed by atoms with Gasteiger partial charge < -0.3 is 17.6 Å². The van der Waals surface area contributed by atoms with Crippen LogP contribution >= 0.6 is 18.1 Å². The number of aryl methyl sites for hydroxylation is 2. The number of amides is 1. The monoisotopic (exact) mass is 404 g/mol. The first-order valence-corrected chi connectivity index (χ1v) is 10.4. The van der Waals surface area contributed by atoms with E-state index in [1.165, 1.54) is 0 Å². The fourth-order valence-electron chi connectivity index (χ4n) is 2.47. The van der Waals surface area contributed by atoms with Crippen LogP contribution in [0, 0.1) is 13.8 Å². The minimum atomic E-state index is -1.60. The zero-order valence-corrected chi connectivity index (χ0v) is 17.6. The average Bonchev–Trinajstić information content (AvgIpc) is 3.02. The fourth-order valence-corrected chi connectivity index (χ4v) is 5.32. The molecule has 1 aromatic carbocycles. The van der Waals surface area contributed by atoms with E-state index < -0.39 is 6.46 Å². The summed E-state index contributed by atoms with van der Waals surface area (Å²) in [7, 11) is 0. The van der Waals surface area contributed by atoms with Gasteiger partial charge in [0.25, 0.3) is 5.91 Å². The van der Waals surface area contributed by atoms with Gasteiger partial charge in [-0.2, -0.15) is 0 Å². The Bertz CT molecular complexity index is 517. The molecule has 1 N–H and O–H groups in total. The summed E-state index contributed by atoms with van der Waals surface area (Å²) in [6, 6.07) is 3.75. The number of anilines is 1. The quantitative estimate of drug-likeness (QED) is 0.605. The molecule has 0 saturated heterocycles. The summed E-state index contributed by atoms with van der Waals surface area (Å²) in [4.78, 5) is 12.5. The largest absolute Gasteiger partial charge is 0.556 e. The van der Waals surface area contributed by atoms with Gasteiger partial charge in [0.15, 0.2) is 0 Å². The summed E-state index contributed by atoms with van der Waals surface area (Å²) in [5.74, 6) is 0.0920. The first kappa shape index (κ1) is 18.9. The summed E-state index contributed by atoms with van der Waals surface area (Å²) >= 11 is 11.6. The van der Waals surface area contributed by atoms with Crippen molar-refractivity contribution in [3.05, 3.63) is 28.3 Å². The third-order valence-electron chi connectivity index (χ3n) is 3.91. The van der Waals surface area contributed by atoms with Crippen molar-refractivity contribution < 1.29 is 37.5 Å². The van der Waals surface area contributed by atoms with E-state index in [0.717, 1.165) is 29.7 Å². The van der Waals surface area contributed by atoms with E-state index >= 15 is 0 Å². The molecule has 1 aliphatic rings. The topological polar surface area (TPSA) is 29.1 Å². The number of halogens is 1. The van der Waals surface area contributed by atoms with Crippen LogP contribution in [0.15, 0.2) is 12.1 Å². The Morgan fingerprint density at radius 2 is 1.75 bits per heavy atom. The van der Waals surface area contributed by atoms with Gasteiger partial charge in [0, 0.05) is 56.7 Å². The number of carbonyl (C=O) groups is 1. The Morgan fingerprint density at radius 1 is 1.30 bits per heavy atom. The Morgan fingerprint density at radius 3 is 2.10 bits per heavy atom. The second kappa shape index (κ2) is 6.54. The number of benzene rings is 1. The van der Waals surface area contributed by atoms with Crippen molar-refractivity contribution in [2.45, 2.75) is 31.8 Å². The molecule has 0 atom stereocenters. The van der Waals surface area contributed by atoms with Gasteiger partial charge in [0.2, 0.25) is 0 Å². The third kappa shape index (κ3) is 3.60. The van der Waals surface area contributed by atoms with Crippen molar-refractivity contribution in [2.24, 2.45) is 0 Å². The van der Waals surface area contributed by atoms with Crippen LogP contribution in [-0.4, -0.2) is 24.4 Å². The molecular weight excluding hydrogens is 386 g/mol. The molecule has 0 spiro atoms. The smallest absolute Gasteiger partial charge is 0.266 e. The second-order valence-corrected chi connectivity index (χ2v) is 12.5. The average molecular weight is 405 g/mol. The predicted molar refractivity (Wildman–Crippen MR) is 87.7 cm³/mol. The Hall–Kier alpha value is 0.864. The molecule has 1 radical (unpaired) electrons. The molecule has 2 rings (SSSR count). The Kier molecular flexibility index (Phi) is 6.19. The van der Waals surface area contributed by atoms with E-state index in [2.05, 4.69) is 18.6 Å². The zero-order chi connectivity index (χ0) is 14.4. The summed E-state index contributed by atoms with van der Waals surface area (Å²) in [6.45, 7) is 6.46. The van der Waals surface area contributed by atoms with E-state index in [-0.39, 0.29) is 43.8 Å². The molecule has 0 aromatic heterocycles. The van der Waals surface area contributed by atoms with E-state index in [0.29, 0.717) is 5.02 Å². The molecule has 1 saturated carbocycles. The molecule has 1 aromatic rings. The number of hydrogen-bond acceptors (Lipinski definition) is 2. The first-order valence-electron chi connectivity index (χ1n) is 6.31. The number of nitrogens with one attached hydrogen (secondary N) is 1. The van der Waals surface area contributed by atoms with Crippen LogP contribution in [0.4, 0.5) is 5.69 Å². The molecule has 0 aliphatic heterocycles. The van der Waals surface area contributed by atoms with Gasteiger partial charge in [-0.15, -0.1) is 0 Å². The van der Waals surface area contributed by atoms with Gasteiger partial charge in [0.05, 0.1) is 0 Å². The molecule has 0 unspecified atom stereocenters. The molecular formula is C14H19ClNOPSY. The predicted octanol–water partition coefficient (Wildman–Crippen LogP) is 4.16. The van der Waals surface area contributed by atoms with Gasteiger partial charge in [-0.25, -0.2) is 0 Å². The van der Waals surface area contributed by atoms with Crippen molar-refractivity contribution in [3.8, 4) is 0 Å². The van der Waals surface area contributed by atoms with Crippen molar-refractivity contribution in [1.29, 1.82) is 0 Å². The fraction of sp³-hybridized carbons (Fsp3) is 0.500. The van der Waals surface area contributed by atoms with Gasteiger partial charge in [0.1, 0.15) is 5.16 Å². The van der Waals surface area contributed by atoms with Crippen molar-refractivity contribution >= 4 is 41.9 Å². The maximum absolute atomic E-state index is 12.5. The maximum Gasteiger partial charge on any atom is 0.266 e. The van der Waals surface area contributed by atoms with Gasteiger partial charge in [-0.05, 0) is 49.9 Å². The standard InChI is InChI=1S/C14H19ClNOPS.Y/c1-9-7-11(15)8-10(2)12(9)16-13(17)14(5-6-14)18(3,4)19;/h7-8H,5-6H2,1-4H3,(H,16,17);. The van der Waals surface area contributed by atoms with Crippen LogP contribution in [0.3, 0.4) is 0 Å². The second-order valence-electron chi connectivity index (χ2n) is 5.75. The van der Waals surface area contributed by atoms with Crippen molar-refractivity contribution in [2.75, 3.05) is 18.6 Å². The number of rotatable bonds is 3. The molecule has 1 amide bonds. The first-order chi connectivity index (χ1) is 8.67. The normalized spacial score (nSPS) is 16.3. The van der Waals surface area contributed by atoms with Gasteiger partial charge >= 0.3 is 0 Å². The summed E-state index contributed by atoms with van der Waals surface area (Å²) in [5.41, 5.74) is 2.87. The zero-order valence-electron chi connectivity index (χ0n) is 12.3. The molecule has 107 valence electrons. The van der Waals surface area contributed by atoms with E-state index in [1.807, 2.05) is 26.0 Å². The molecule has 1 fully saturated rings. The SMILES string of the molecule is Cc1cc(Cl)cc(C)c1NC(=O)C1([P+](C)(C)[S-])CC1.[Y]. The van der Waals surface area contributed by atoms with E-state index in [1.54, 1.807) is 0 Å². The number of hydrogen-bond donors (Lipinski definition) is 1. The van der Waals surface area contributed by atoms with Crippen LogP contribution in [0.5, 0.6) is 0 Å². The van der Waals surface area contributed by atoms with Crippen LogP contribution in [0.1, 0.15) is 24.0 Å². The molecule has 0 bridgehead atoms.